The van der Waals surface area contributed by atoms with Crippen LogP contribution in [-0.4, -0.2) is 41.8 Å². The van der Waals surface area contributed by atoms with Crippen LogP contribution < -0.4 is 5.32 Å². The number of hydrogen-bond donors (Lipinski definition) is 3. The number of carbonyl (C=O) groups is 1. The Hall–Kier alpha value is -4.57. The van der Waals surface area contributed by atoms with Gasteiger partial charge in [0, 0.05) is 22.4 Å². The van der Waals surface area contributed by atoms with E-state index in [9.17, 15) is 30.7 Å². The first kappa shape index (κ1) is 30.1. The summed E-state index contributed by atoms with van der Waals surface area (Å²) in [6, 6.07) is 26.3. The van der Waals surface area contributed by atoms with Crippen molar-refractivity contribution in [2.24, 2.45) is 0 Å². The number of nitrogens with zero attached hydrogens (tertiary/aromatic N) is 2. The topological polar surface area (TPSA) is 164 Å². The van der Waals surface area contributed by atoms with Gasteiger partial charge in [0.2, 0.25) is 0 Å². The molecule has 0 fully saturated rings. The molecule has 7 rings (SSSR count). The molecule has 0 bridgehead atoms. The average molecular weight is 688 g/mol. The Morgan fingerprint density at radius 3 is 2.00 bits per heavy atom. The molecule has 0 saturated heterocycles. The van der Waals surface area contributed by atoms with Gasteiger partial charge >= 0.3 is 0 Å². The van der Waals surface area contributed by atoms with E-state index in [0.717, 1.165) is 33.4 Å². The SMILES string of the molecule is Cc1ccc2nc(-c3ccc4nc(-c5ccc(NC(=O)c6ccc7ccccc7c6)cc5)sc4c3S(=O)(=O)O)sc2c1S(=O)(=O)O. The number of aromatic nitrogens is 2. The standard InChI is InChI=1S/C32H21N3O7S4/c1-17-6-14-24-26(28(17)45(37,38)39)44-32(35-24)23-13-15-25-27(29(23)46(40,41)42)43-31(34-25)19-9-11-22(12-10-19)33-30(36)21-8-7-18-4-2-3-5-20(18)16-21/h2-16H,1H3,(H,33,36)(H,37,38,39)(H,40,41,42). The van der Waals surface area contributed by atoms with Gasteiger partial charge in [0.05, 0.1) is 20.4 Å². The van der Waals surface area contributed by atoms with Gasteiger partial charge in [-0.25, -0.2) is 9.97 Å². The molecule has 2 aromatic heterocycles. The first-order valence-corrected chi connectivity index (χ1v) is 18.1. The van der Waals surface area contributed by atoms with Gasteiger partial charge in [-0.15, -0.1) is 22.7 Å². The van der Waals surface area contributed by atoms with Crippen molar-refractivity contribution in [3.8, 4) is 21.1 Å². The number of hydrogen-bond acceptors (Lipinski definition) is 9. The van der Waals surface area contributed by atoms with E-state index in [2.05, 4.69) is 15.3 Å². The molecule has 0 spiro atoms. The Morgan fingerprint density at radius 2 is 1.30 bits per heavy atom. The van der Waals surface area contributed by atoms with Crippen LogP contribution in [-0.2, 0) is 20.2 Å². The Morgan fingerprint density at radius 1 is 0.696 bits per heavy atom. The van der Waals surface area contributed by atoms with Gasteiger partial charge in [-0.2, -0.15) is 16.8 Å². The molecule has 0 radical (unpaired) electrons. The summed E-state index contributed by atoms with van der Waals surface area (Å²) in [5.74, 6) is -0.266. The molecule has 0 unspecified atom stereocenters. The predicted molar refractivity (Wildman–Crippen MR) is 180 cm³/mol. The van der Waals surface area contributed by atoms with Gasteiger partial charge in [-0.05, 0) is 77.9 Å². The Bertz CT molecular complexity index is 2590. The number of aryl methyl sites for hydroxylation is 1. The average Bonchev–Trinajstić information content (AvgIpc) is 3.64. The van der Waals surface area contributed by atoms with Crippen molar-refractivity contribution >= 4 is 85.7 Å². The number of fused-ring (bicyclic) bond motifs is 3. The van der Waals surface area contributed by atoms with Gasteiger partial charge in [0.15, 0.2) is 0 Å². The van der Waals surface area contributed by atoms with Crippen molar-refractivity contribution in [3.05, 3.63) is 102 Å². The summed E-state index contributed by atoms with van der Waals surface area (Å²) in [5, 5.41) is 5.48. The summed E-state index contributed by atoms with van der Waals surface area (Å²) in [6.07, 6.45) is 0. The predicted octanol–water partition coefficient (Wildman–Crippen LogP) is 7.45. The number of anilines is 1. The molecule has 0 atom stereocenters. The number of carbonyl (C=O) groups excluding carboxylic acids is 1. The van der Waals surface area contributed by atoms with Crippen LogP contribution in [0.1, 0.15) is 15.9 Å². The second-order valence-corrected chi connectivity index (χ2v) is 15.1. The van der Waals surface area contributed by atoms with Crippen LogP contribution in [0.25, 0.3) is 52.3 Å². The van der Waals surface area contributed by atoms with E-state index >= 15 is 0 Å². The first-order chi connectivity index (χ1) is 21.9. The fourth-order valence-corrected chi connectivity index (χ4v) is 9.89. The van der Waals surface area contributed by atoms with Crippen LogP contribution in [0.3, 0.4) is 0 Å². The van der Waals surface area contributed by atoms with E-state index in [1.54, 1.807) is 42.5 Å². The zero-order chi connectivity index (χ0) is 32.4. The van der Waals surface area contributed by atoms with Crippen LogP contribution in [0.15, 0.2) is 101 Å². The molecule has 230 valence electrons. The van der Waals surface area contributed by atoms with E-state index in [4.69, 9.17) is 0 Å². The maximum Gasteiger partial charge on any atom is 0.296 e. The normalized spacial score (nSPS) is 12.2. The highest BCUT2D eigenvalue weighted by molar-refractivity contribution is 7.86. The molecule has 7 aromatic rings. The number of nitrogens with one attached hydrogen (secondary N) is 1. The third-order valence-electron chi connectivity index (χ3n) is 7.37. The van der Waals surface area contributed by atoms with Gasteiger partial charge in [-0.3, -0.25) is 13.9 Å². The highest BCUT2D eigenvalue weighted by Crippen LogP contribution is 2.43. The molecule has 0 saturated carbocycles. The maximum absolute atomic E-state index is 12.9. The van der Waals surface area contributed by atoms with E-state index in [-0.39, 0.29) is 36.3 Å². The van der Waals surface area contributed by atoms with Crippen LogP contribution >= 0.6 is 22.7 Å². The van der Waals surface area contributed by atoms with Crippen LogP contribution in [0, 0.1) is 6.92 Å². The Labute approximate surface area is 270 Å². The highest BCUT2D eigenvalue weighted by atomic mass is 32.2. The van der Waals surface area contributed by atoms with Crippen molar-refractivity contribution in [2.45, 2.75) is 16.7 Å². The summed E-state index contributed by atoms with van der Waals surface area (Å²) >= 11 is 1.94. The smallest absolute Gasteiger partial charge is 0.296 e. The van der Waals surface area contributed by atoms with Gasteiger partial charge in [0.25, 0.3) is 26.1 Å². The molecule has 46 heavy (non-hydrogen) atoms. The van der Waals surface area contributed by atoms with Crippen LogP contribution in [0.4, 0.5) is 5.69 Å². The minimum absolute atomic E-state index is 0.0668. The molecule has 14 heteroatoms. The molecular weight excluding hydrogens is 667 g/mol. The largest absolute Gasteiger partial charge is 0.322 e. The Balaban J connectivity index is 1.24. The summed E-state index contributed by atoms with van der Waals surface area (Å²) in [7, 11) is -9.39. The molecule has 0 aliphatic carbocycles. The lowest BCUT2D eigenvalue weighted by Gasteiger charge is -2.07. The molecule has 5 aromatic carbocycles. The minimum atomic E-state index is -4.80. The molecule has 1 amide bonds. The summed E-state index contributed by atoms with van der Waals surface area (Å²) < 4.78 is 70.2. The van der Waals surface area contributed by atoms with Crippen LogP contribution in [0.5, 0.6) is 0 Å². The lowest BCUT2D eigenvalue weighted by atomic mass is 10.1. The number of amides is 1. The third-order valence-corrected chi connectivity index (χ3v) is 11.9. The molecule has 2 heterocycles. The van der Waals surface area contributed by atoms with Crippen molar-refractivity contribution in [1.29, 1.82) is 0 Å². The van der Waals surface area contributed by atoms with E-state index in [0.29, 0.717) is 32.9 Å². The van der Waals surface area contributed by atoms with Crippen LogP contribution in [0.2, 0.25) is 0 Å². The summed E-state index contributed by atoms with van der Waals surface area (Å²) in [5.41, 5.74) is 2.66. The van der Waals surface area contributed by atoms with E-state index < -0.39 is 25.1 Å². The minimum Gasteiger partial charge on any atom is -0.322 e. The second kappa shape index (κ2) is 11.0. The first-order valence-electron chi connectivity index (χ1n) is 13.6. The number of thiazole rings is 2. The zero-order valence-corrected chi connectivity index (χ0v) is 26.9. The van der Waals surface area contributed by atoms with E-state index in [1.165, 1.54) is 19.1 Å². The molecule has 0 aliphatic rings. The van der Waals surface area contributed by atoms with Crippen molar-refractivity contribution in [1.82, 2.24) is 9.97 Å². The van der Waals surface area contributed by atoms with Gasteiger partial charge in [-0.1, -0.05) is 36.4 Å². The van der Waals surface area contributed by atoms with Gasteiger partial charge < -0.3 is 5.32 Å². The summed E-state index contributed by atoms with van der Waals surface area (Å²) in [6.45, 7) is 1.53. The molecule has 3 N–H and O–H groups in total. The highest BCUT2D eigenvalue weighted by Gasteiger charge is 2.27. The fraction of sp³-hybridized carbons (Fsp3) is 0.0312. The lowest BCUT2D eigenvalue weighted by molar-refractivity contribution is 0.102. The van der Waals surface area contributed by atoms with Crippen molar-refractivity contribution in [2.75, 3.05) is 5.32 Å². The summed E-state index contributed by atoms with van der Waals surface area (Å²) in [4.78, 5) is 21.2. The zero-order valence-electron chi connectivity index (χ0n) is 23.6. The third kappa shape index (κ3) is 5.44. The molecule has 10 nitrogen and oxygen atoms in total. The second-order valence-electron chi connectivity index (χ2n) is 10.4. The molecular formula is C32H21N3O7S4. The van der Waals surface area contributed by atoms with Crippen molar-refractivity contribution < 1.29 is 30.7 Å². The maximum atomic E-state index is 12.9. The number of rotatable bonds is 6. The van der Waals surface area contributed by atoms with E-state index in [1.807, 2.05) is 36.4 Å². The van der Waals surface area contributed by atoms with Gasteiger partial charge in [0.1, 0.15) is 19.8 Å². The fourth-order valence-electron chi connectivity index (χ4n) is 5.25. The van der Waals surface area contributed by atoms with Crippen molar-refractivity contribution in [3.63, 3.8) is 0 Å². The monoisotopic (exact) mass is 687 g/mol. The number of benzene rings is 5. The molecule has 0 aliphatic heterocycles. The Kier molecular flexibility index (Phi) is 7.23. The lowest BCUT2D eigenvalue weighted by Crippen LogP contribution is -2.11. The quantitative estimate of drug-likeness (QED) is 0.151.